The molecular formula is C17H18ClFN4O5S. The Morgan fingerprint density at radius 1 is 1.38 bits per heavy atom. The standard InChI is InChI=1S/C17H18ClFN4O5S/c1-9-14(19)15(18)21-17(20-9)22-16(24)12-7-11(3-4-13(12)27-2)29(25,26)23-10-5-6-28-8-10/h3-4,7,10,23H,5-6,8H2,1-2H3,(H,20,21,22,24). The smallest absolute Gasteiger partial charge is 0.261 e. The molecule has 1 atom stereocenters. The topological polar surface area (TPSA) is 120 Å². The van der Waals surface area contributed by atoms with Gasteiger partial charge in [0.25, 0.3) is 5.91 Å². The van der Waals surface area contributed by atoms with Gasteiger partial charge in [-0.25, -0.2) is 22.5 Å². The van der Waals surface area contributed by atoms with Gasteiger partial charge in [-0.05, 0) is 31.5 Å². The van der Waals surface area contributed by atoms with Gasteiger partial charge in [-0.15, -0.1) is 0 Å². The van der Waals surface area contributed by atoms with Gasteiger partial charge in [0.15, 0.2) is 11.0 Å². The number of aryl methyl sites for hydroxylation is 1. The number of carbonyl (C=O) groups excluding carboxylic acids is 1. The van der Waals surface area contributed by atoms with Crippen molar-refractivity contribution in [3.05, 3.63) is 40.4 Å². The van der Waals surface area contributed by atoms with E-state index in [0.29, 0.717) is 13.0 Å². The Bertz CT molecular complexity index is 1020. The number of methoxy groups -OCH3 is 1. The molecule has 0 radical (unpaired) electrons. The van der Waals surface area contributed by atoms with E-state index in [-0.39, 0.29) is 40.5 Å². The van der Waals surface area contributed by atoms with Crippen LogP contribution in [0.1, 0.15) is 22.5 Å². The van der Waals surface area contributed by atoms with Crippen LogP contribution in [0.3, 0.4) is 0 Å². The highest BCUT2D eigenvalue weighted by Gasteiger charge is 2.25. The van der Waals surface area contributed by atoms with Gasteiger partial charge < -0.3 is 9.47 Å². The van der Waals surface area contributed by atoms with Crippen LogP contribution >= 0.6 is 11.6 Å². The van der Waals surface area contributed by atoms with Crippen molar-refractivity contribution in [2.75, 3.05) is 25.6 Å². The summed E-state index contributed by atoms with van der Waals surface area (Å²) in [6.45, 7) is 2.12. The quantitative estimate of drug-likeness (QED) is 0.653. The monoisotopic (exact) mass is 444 g/mol. The van der Waals surface area contributed by atoms with Crippen molar-refractivity contribution in [1.82, 2.24) is 14.7 Å². The summed E-state index contributed by atoms with van der Waals surface area (Å²) in [4.78, 5) is 20.0. The molecule has 0 spiro atoms. The first-order valence-corrected chi connectivity index (χ1v) is 10.4. The number of rotatable bonds is 6. The van der Waals surface area contributed by atoms with Gasteiger partial charge in [0, 0.05) is 12.6 Å². The summed E-state index contributed by atoms with van der Waals surface area (Å²) in [7, 11) is -2.55. The zero-order chi connectivity index (χ0) is 21.2. The fourth-order valence-corrected chi connectivity index (χ4v) is 4.19. The lowest BCUT2D eigenvalue weighted by molar-refractivity contribution is 0.102. The largest absolute Gasteiger partial charge is 0.496 e. The molecule has 156 valence electrons. The number of nitrogens with one attached hydrogen (secondary N) is 2. The Kier molecular flexibility index (Phi) is 6.32. The number of hydrogen-bond acceptors (Lipinski definition) is 7. The molecular weight excluding hydrogens is 427 g/mol. The predicted octanol–water partition coefficient (Wildman–Crippen LogP) is 1.91. The minimum absolute atomic E-state index is 0.0495. The number of aromatic nitrogens is 2. The second kappa shape index (κ2) is 8.57. The molecule has 2 aromatic rings. The first-order chi connectivity index (χ1) is 13.7. The van der Waals surface area contributed by atoms with E-state index < -0.39 is 26.9 Å². The molecule has 1 aromatic carbocycles. The number of hydrogen-bond donors (Lipinski definition) is 2. The van der Waals surface area contributed by atoms with E-state index in [2.05, 4.69) is 20.0 Å². The number of sulfonamides is 1. The molecule has 1 unspecified atom stereocenters. The fraction of sp³-hybridized carbons (Fsp3) is 0.353. The van der Waals surface area contributed by atoms with Crippen molar-refractivity contribution in [3.63, 3.8) is 0 Å². The van der Waals surface area contributed by atoms with E-state index in [1.165, 1.54) is 32.2 Å². The van der Waals surface area contributed by atoms with E-state index in [9.17, 15) is 17.6 Å². The molecule has 0 aliphatic carbocycles. The van der Waals surface area contributed by atoms with Crippen LogP contribution in [0.4, 0.5) is 10.3 Å². The molecule has 1 amide bonds. The Balaban J connectivity index is 1.89. The SMILES string of the molecule is COc1ccc(S(=O)(=O)NC2CCOC2)cc1C(=O)Nc1nc(C)c(F)c(Cl)n1. The third-order valence-corrected chi connectivity index (χ3v) is 5.95. The van der Waals surface area contributed by atoms with Crippen LogP contribution in [-0.2, 0) is 14.8 Å². The van der Waals surface area contributed by atoms with Crippen molar-refractivity contribution in [1.29, 1.82) is 0 Å². The molecule has 1 fully saturated rings. The third-order valence-electron chi connectivity index (χ3n) is 4.18. The summed E-state index contributed by atoms with van der Waals surface area (Å²) < 4.78 is 51.7. The maximum Gasteiger partial charge on any atom is 0.261 e. The third kappa shape index (κ3) is 4.81. The van der Waals surface area contributed by atoms with Crippen molar-refractivity contribution in [2.45, 2.75) is 24.3 Å². The Hall–Kier alpha value is -2.34. The first kappa shape index (κ1) is 21.4. The molecule has 9 nitrogen and oxygen atoms in total. The van der Waals surface area contributed by atoms with Crippen molar-refractivity contribution in [3.8, 4) is 5.75 Å². The number of halogens is 2. The summed E-state index contributed by atoms with van der Waals surface area (Å²) >= 11 is 5.67. The molecule has 2 N–H and O–H groups in total. The Morgan fingerprint density at radius 2 is 2.14 bits per heavy atom. The van der Waals surface area contributed by atoms with Crippen LogP contribution in [0.15, 0.2) is 23.1 Å². The molecule has 3 rings (SSSR count). The molecule has 0 bridgehead atoms. The van der Waals surface area contributed by atoms with Crippen molar-refractivity contribution < 1.29 is 27.1 Å². The molecule has 29 heavy (non-hydrogen) atoms. The van der Waals surface area contributed by atoms with E-state index >= 15 is 0 Å². The zero-order valence-corrected chi connectivity index (χ0v) is 17.1. The Morgan fingerprint density at radius 3 is 2.76 bits per heavy atom. The molecule has 2 heterocycles. The van der Waals surface area contributed by atoms with Gasteiger partial charge in [0.2, 0.25) is 16.0 Å². The summed E-state index contributed by atoms with van der Waals surface area (Å²) in [5.74, 6) is -1.63. The van der Waals surface area contributed by atoms with Crippen LogP contribution < -0.4 is 14.8 Å². The lowest BCUT2D eigenvalue weighted by Gasteiger charge is -2.14. The van der Waals surface area contributed by atoms with Crippen molar-refractivity contribution >= 4 is 33.5 Å². The molecule has 1 saturated heterocycles. The second-order valence-electron chi connectivity index (χ2n) is 6.24. The van der Waals surface area contributed by atoms with Crippen LogP contribution in [0.2, 0.25) is 5.15 Å². The number of anilines is 1. The predicted molar refractivity (Wildman–Crippen MR) is 102 cm³/mol. The zero-order valence-electron chi connectivity index (χ0n) is 15.5. The van der Waals surface area contributed by atoms with Gasteiger partial charge in [0.1, 0.15) is 5.75 Å². The van der Waals surface area contributed by atoms with Crippen LogP contribution in [0.25, 0.3) is 0 Å². The lowest BCUT2D eigenvalue weighted by Crippen LogP contribution is -2.35. The number of carbonyl (C=O) groups is 1. The average molecular weight is 445 g/mol. The molecule has 1 aliphatic heterocycles. The molecule has 1 aliphatic rings. The maximum absolute atomic E-state index is 13.6. The highest BCUT2D eigenvalue weighted by molar-refractivity contribution is 7.89. The average Bonchev–Trinajstić information content (AvgIpc) is 3.17. The van der Waals surface area contributed by atoms with E-state index in [0.717, 1.165) is 0 Å². The summed E-state index contributed by atoms with van der Waals surface area (Å²) in [6.07, 6.45) is 0.560. The van der Waals surface area contributed by atoms with Crippen LogP contribution in [0, 0.1) is 12.7 Å². The number of ether oxygens (including phenoxy) is 2. The minimum Gasteiger partial charge on any atom is -0.496 e. The van der Waals surface area contributed by atoms with Crippen LogP contribution in [-0.4, -0.2) is 50.7 Å². The summed E-state index contributed by atoms with van der Waals surface area (Å²) in [5.41, 5.74) is -0.119. The number of nitrogens with zero attached hydrogens (tertiary/aromatic N) is 2. The first-order valence-electron chi connectivity index (χ1n) is 8.50. The van der Waals surface area contributed by atoms with E-state index in [1.54, 1.807) is 0 Å². The highest BCUT2D eigenvalue weighted by Crippen LogP contribution is 2.24. The minimum atomic E-state index is -3.88. The lowest BCUT2D eigenvalue weighted by atomic mass is 10.2. The van der Waals surface area contributed by atoms with Gasteiger partial charge in [-0.3, -0.25) is 10.1 Å². The maximum atomic E-state index is 13.6. The molecule has 12 heteroatoms. The van der Waals surface area contributed by atoms with Gasteiger partial charge in [0.05, 0.1) is 29.9 Å². The van der Waals surface area contributed by atoms with Gasteiger partial charge in [-0.1, -0.05) is 11.6 Å². The highest BCUT2D eigenvalue weighted by atomic mass is 35.5. The molecule has 0 saturated carbocycles. The number of benzene rings is 1. The van der Waals surface area contributed by atoms with Crippen LogP contribution in [0.5, 0.6) is 5.75 Å². The Labute approximate surface area is 171 Å². The summed E-state index contributed by atoms with van der Waals surface area (Å²) in [5, 5.41) is 1.92. The van der Waals surface area contributed by atoms with E-state index in [4.69, 9.17) is 21.1 Å². The normalized spacial score (nSPS) is 16.6. The molecule has 1 aromatic heterocycles. The van der Waals surface area contributed by atoms with E-state index in [1.807, 2.05) is 0 Å². The van der Waals surface area contributed by atoms with Gasteiger partial charge in [-0.2, -0.15) is 4.98 Å². The summed E-state index contributed by atoms with van der Waals surface area (Å²) in [6, 6.07) is 3.52. The second-order valence-corrected chi connectivity index (χ2v) is 8.31. The number of amides is 1. The van der Waals surface area contributed by atoms with Crippen molar-refractivity contribution in [2.24, 2.45) is 0 Å². The fourth-order valence-electron chi connectivity index (χ4n) is 2.70. The van der Waals surface area contributed by atoms with Gasteiger partial charge >= 0.3 is 0 Å².